The van der Waals surface area contributed by atoms with Gasteiger partial charge in [0.25, 0.3) is 0 Å². The van der Waals surface area contributed by atoms with Crippen LogP contribution in [0.25, 0.3) is 0 Å². The molecule has 3 rings (SSSR count). The van der Waals surface area contributed by atoms with Crippen molar-refractivity contribution in [3.8, 4) is 0 Å². The number of benzene rings is 2. The van der Waals surface area contributed by atoms with Crippen LogP contribution in [0.3, 0.4) is 0 Å². The Morgan fingerprint density at radius 2 is 1.75 bits per heavy atom. The molecule has 4 nitrogen and oxygen atoms in total. The van der Waals surface area contributed by atoms with E-state index in [1.54, 1.807) is 0 Å². The van der Waals surface area contributed by atoms with E-state index in [9.17, 15) is 9.59 Å². The smallest absolute Gasteiger partial charge is 0.228 e. The second kappa shape index (κ2) is 8.36. The molecule has 2 aromatic rings. The number of hydrogen-bond donors (Lipinski definition) is 2. The van der Waals surface area contributed by atoms with Crippen molar-refractivity contribution in [1.82, 2.24) is 5.32 Å². The molecule has 1 saturated carbocycles. The lowest BCUT2D eigenvalue weighted by Crippen LogP contribution is -2.29. The van der Waals surface area contributed by atoms with E-state index in [0.29, 0.717) is 18.0 Å². The van der Waals surface area contributed by atoms with Crippen molar-refractivity contribution < 1.29 is 9.59 Å². The topological polar surface area (TPSA) is 58.2 Å². The maximum atomic E-state index is 12.6. The molecule has 0 heterocycles. The van der Waals surface area contributed by atoms with Gasteiger partial charge < -0.3 is 10.6 Å². The fourth-order valence-corrected chi connectivity index (χ4v) is 3.61. The molecule has 0 radical (unpaired) electrons. The van der Waals surface area contributed by atoms with Gasteiger partial charge in [-0.2, -0.15) is 0 Å². The normalized spacial score (nSPS) is 18.4. The molecular weight excluding hydrogens is 372 g/mol. The highest BCUT2D eigenvalue weighted by Crippen LogP contribution is 2.40. The average molecular weight is 399 g/mol. The van der Waals surface area contributed by atoms with Gasteiger partial charge in [-0.3, -0.25) is 9.59 Å². The van der Waals surface area contributed by atoms with Crippen molar-refractivity contribution in [1.29, 1.82) is 0 Å². The zero-order chi connectivity index (χ0) is 20.3. The summed E-state index contributed by atoms with van der Waals surface area (Å²) in [5.74, 6) is -0.613. The molecule has 0 spiro atoms. The van der Waals surface area contributed by atoms with Gasteiger partial charge in [-0.1, -0.05) is 62.7 Å². The zero-order valence-electron chi connectivity index (χ0n) is 16.6. The third kappa shape index (κ3) is 5.14. The van der Waals surface area contributed by atoms with E-state index in [4.69, 9.17) is 11.6 Å². The first-order chi connectivity index (χ1) is 13.3. The van der Waals surface area contributed by atoms with Crippen LogP contribution in [-0.4, -0.2) is 18.4 Å². The van der Waals surface area contributed by atoms with E-state index in [2.05, 4.69) is 31.4 Å². The van der Waals surface area contributed by atoms with Gasteiger partial charge in [0.05, 0.1) is 11.8 Å². The molecule has 0 aliphatic heterocycles. The van der Waals surface area contributed by atoms with E-state index >= 15 is 0 Å². The van der Waals surface area contributed by atoms with Crippen molar-refractivity contribution in [2.24, 2.45) is 11.8 Å². The molecule has 0 aromatic heterocycles. The second-order valence-electron chi connectivity index (χ2n) is 8.40. The maximum Gasteiger partial charge on any atom is 0.228 e. The molecular formula is C23H27ClN2O2. The lowest BCUT2D eigenvalue weighted by molar-refractivity contribution is -0.125. The highest BCUT2D eigenvalue weighted by molar-refractivity contribution is 6.30. The minimum absolute atomic E-state index is 0.0497. The molecule has 1 aliphatic rings. The summed E-state index contributed by atoms with van der Waals surface area (Å²) < 4.78 is 0. The summed E-state index contributed by atoms with van der Waals surface area (Å²) in [4.78, 5) is 24.9. The molecule has 2 unspecified atom stereocenters. The standard InChI is InChI=1S/C23H27ClN2O2/c1-23(2,3)19-9-4-5-10-20(19)26-22(28)18-14-17(18)21(27)25-12-11-15-7-6-8-16(24)13-15/h4-10,13,17-18H,11-12,14H2,1-3H3,(H,25,27)(H,26,28). The lowest BCUT2D eigenvalue weighted by Gasteiger charge is -2.23. The van der Waals surface area contributed by atoms with Crippen molar-refractivity contribution >= 4 is 29.1 Å². The van der Waals surface area contributed by atoms with Crippen molar-refractivity contribution in [2.75, 3.05) is 11.9 Å². The number of carbonyl (C=O) groups excluding carboxylic acids is 2. The lowest BCUT2D eigenvalue weighted by atomic mass is 9.86. The van der Waals surface area contributed by atoms with Crippen molar-refractivity contribution in [3.05, 3.63) is 64.7 Å². The third-order valence-electron chi connectivity index (χ3n) is 5.06. The third-order valence-corrected chi connectivity index (χ3v) is 5.29. The largest absolute Gasteiger partial charge is 0.356 e. The predicted octanol–water partition coefficient (Wildman–Crippen LogP) is 4.57. The van der Waals surface area contributed by atoms with E-state index in [-0.39, 0.29) is 29.1 Å². The van der Waals surface area contributed by atoms with Crippen molar-refractivity contribution in [3.63, 3.8) is 0 Å². The minimum Gasteiger partial charge on any atom is -0.356 e. The number of carbonyl (C=O) groups is 2. The fraction of sp³-hybridized carbons (Fsp3) is 0.391. The monoisotopic (exact) mass is 398 g/mol. The van der Waals surface area contributed by atoms with Crippen LogP contribution in [0, 0.1) is 11.8 Å². The fourth-order valence-electron chi connectivity index (χ4n) is 3.40. The van der Waals surface area contributed by atoms with Gasteiger partial charge in [0.15, 0.2) is 0 Å². The summed E-state index contributed by atoms with van der Waals surface area (Å²) >= 11 is 5.97. The van der Waals surface area contributed by atoms with Crippen LogP contribution in [0.2, 0.25) is 5.02 Å². The van der Waals surface area contributed by atoms with Gasteiger partial charge in [0, 0.05) is 17.3 Å². The maximum absolute atomic E-state index is 12.6. The van der Waals surface area contributed by atoms with Gasteiger partial charge in [0.1, 0.15) is 0 Å². The van der Waals surface area contributed by atoms with Crippen LogP contribution in [0.1, 0.15) is 38.3 Å². The molecule has 0 bridgehead atoms. The number of para-hydroxylation sites is 1. The summed E-state index contributed by atoms with van der Waals surface area (Å²) in [7, 11) is 0. The molecule has 2 amide bonds. The SMILES string of the molecule is CC(C)(C)c1ccccc1NC(=O)C1CC1C(=O)NCCc1cccc(Cl)c1. The first-order valence-electron chi connectivity index (χ1n) is 9.68. The van der Waals surface area contributed by atoms with Gasteiger partial charge in [-0.15, -0.1) is 0 Å². The van der Waals surface area contributed by atoms with Crippen LogP contribution >= 0.6 is 11.6 Å². The first kappa shape index (κ1) is 20.4. The Kier molecular flexibility index (Phi) is 6.09. The predicted molar refractivity (Wildman–Crippen MR) is 114 cm³/mol. The quantitative estimate of drug-likeness (QED) is 0.748. The molecule has 5 heteroatoms. The number of nitrogens with one attached hydrogen (secondary N) is 2. The summed E-state index contributed by atoms with van der Waals surface area (Å²) in [5.41, 5.74) is 2.93. The number of anilines is 1. The Bertz CT molecular complexity index is 873. The van der Waals surface area contributed by atoms with Crippen LogP contribution in [0.15, 0.2) is 48.5 Å². The number of halogens is 1. The average Bonchev–Trinajstić information content (AvgIpc) is 3.42. The Morgan fingerprint density at radius 1 is 1.04 bits per heavy atom. The highest BCUT2D eigenvalue weighted by atomic mass is 35.5. The Labute approximate surface area is 171 Å². The molecule has 148 valence electrons. The first-order valence-corrected chi connectivity index (χ1v) is 10.1. The Hall–Kier alpha value is -2.33. The van der Waals surface area contributed by atoms with Gasteiger partial charge in [-0.25, -0.2) is 0 Å². The molecule has 0 saturated heterocycles. The van der Waals surface area contributed by atoms with E-state index in [0.717, 1.165) is 23.2 Å². The Balaban J connectivity index is 1.50. The molecule has 1 aliphatic carbocycles. The summed E-state index contributed by atoms with van der Waals surface area (Å²) in [6.45, 7) is 6.89. The second-order valence-corrected chi connectivity index (χ2v) is 8.84. The van der Waals surface area contributed by atoms with Crippen molar-refractivity contribution in [2.45, 2.75) is 39.0 Å². The van der Waals surface area contributed by atoms with Gasteiger partial charge in [-0.05, 0) is 47.6 Å². The van der Waals surface area contributed by atoms with Crippen LogP contribution in [0.5, 0.6) is 0 Å². The molecule has 1 fully saturated rings. The highest BCUT2D eigenvalue weighted by Gasteiger charge is 2.48. The van der Waals surface area contributed by atoms with E-state index in [1.165, 1.54) is 0 Å². The van der Waals surface area contributed by atoms with E-state index in [1.807, 2.05) is 48.5 Å². The molecule has 28 heavy (non-hydrogen) atoms. The summed E-state index contributed by atoms with van der Waals surface area (Å²) in [6.07, 6.45) is 1.32. The van der Waals surface area contributed by atoms with Crippen LogP contribution in [-0.2, 0) is 21.4 Å². The Morgan fingerprint density at radius 3 is 2.46 bits per heavy atom. The van der Waals surface area contributed by atoms with Crippen LogP contribution in [0.4, 0.5) is 5.69 Å². The van der Waals surface area contributed by atoms with Gasteiger partial charge >= 0.3 is 0 Å². The van der Waals surface area contributed by atoms with Gasteiger partial charge in [0.2, 0.25) is 11.8 Å². The zero-order valence-corrected chi connectivity index (χ0v) is 17.3. The summed E-state index contributed by atoms with van der Waals surface area (Å²) in [5, 5.41) is 6.65. The molecule has 2 aromatic carbocycles. The van der Waals surface area contributed by atoms with E-state index < -0.39 is 0 Å². The number of rotatable bonds is 6. The molecule has 2 atom stereocenters. The number of amides is 2. The summed E-state index contributed by atoms with van der Waals surface area (Å²) in [6, 6.07) is 15.4. The van der Waals surface area contributed by atoms with Crippen LogP contribution < -0.4 is 10.6 Å². The number of hydrogen-bond acceptors (Lipinski definition) is 2. The molecule has 2 N–H and O–H groups in total. The minimum atomic E-state index is -0.251.